The minimum atomic E-state index is -4.43. The van der Waals surface area contributed by atoms with E-state index in [4.69, 9.17) is 10.8 Å². The van der Waals surface area contributed by atoms with Crippen LogP contribution >= 0.6 is 0 Å². The molecule has 0 aliphatic carbocycles. The van der Waals surface area contributed by atoms with Crippen LogP contribution in [0.15, 0.2) is 41.5 Å². The molecule has 0 saturated carbocycles. The normalized spacial score (nSPS) is 16.5. The number of aliphatic hydroxyl groups is 1. The summed E-state index contributed by atoms with van der Waals surface area (Å²) in [5.41, 5.74) is 6.65. The van der Waals surface area contributed by atoms with Gasteiger partial charge in [0.25, 0.3) is 5.91 Å². The average molecular weight is 426 g/mol. The molecule has 0 spiro atoms. The molecular formula is C18H21F3N6O3. The van der Waals surface area contributed by atoms with Crippen LogP contribution in [0.3, 0.4) is 0 Å². The lowest BCUT2D eigenvalue weighted by molar-refractivity contribution is -0.142. The van der Waals surface area contributed by atoms with E-state index in [1.165, 1.54) is 18.0 Å². The van der Waals surface area contributed by atoms with Crippen LogP contribution in [0.25, 0.3) is 0 Å². The van der Waals surface area contributed by atoms with Crippen molar-refractivity contribution >= 4 is 23.5 Å². The predicted molar refractivity (Wildman–Crippen MR) is 103 cm³/mol. The zero-order valence-corrected chi connectivity index (χ0v) is 16.2. The summed E-state index contributed by atoms with van der Waals surface area (Å²) in [5, 5.41) is 13.2. The van der Waals surface area contributed by atoms with Crippen molar-refractivity contribution in [3.63, 3.8) is 0 Å². The number of aliphatic imine (C=N–C) groups is 1. The van der Waals surface area contributed by atoms with Crippen molar-refractivity contribution in [2.75, 3.05) is 19.5 Å². The van der Waals surface area contributed by atoms with Crippen LogP contribution in [0, 0.1) is 0 Å². The number of nitrogens with one attached hydrogen (secondary N) is 1. The summed E-state index contributed by atoms with van der Waals surface area (Å²) < 4.78 is 37.8. The van der Waals surface area contributed by atoms with Gasteiger partial charge in [0.15, 0.2) is 11.7 Å². The number of nitrogens with two attached hydrogens (primary N) is 1. The Hall–Kier alpha value is -3.41. The number of guanidine groups is 1. The van der Waals surface area contributed by atoms with Crippen LogP contribution in [0.5, 0.6) is 0 Å². The Bertz CT molecular complexity index is 941. The smallest absolute Gasteiger partial charge is 0.400 e. The van der Waals surface area contributed by atoms with Crippen LogP contribution in [-0.4, -0.2) is 57.9 Å². The molecule has 4 N–H and O–H groups in total. The number of carbonyl (C=O) groups excluding carboxylic acids is 2. The van der Waals surface area contributed by atoms with Crippen molar-refractivity contribution in [3.8, 4) is 0 Å². The molecule has 2 amide bonds. The average Bonchev–Trinajstić information content (AvgIpc) is 3.14. The molecule has 1 atom stereocenters. The summed E-state index contributed by atoms with van der Waals surface area (Å²) in [6, 6.07) is 7.37. The maximum absolute atomic E-state index is 12.4. The Balaban J connectivity index is 0.00000155. The lowest BCUT2D eigenvalue weighted by atomic mass is 10.0. The van der Waals surface area contributed by atoms with E-state index in [1.54, 1.807) is 24.3 Å². The SMILES string of the molecule is CN1C(=O)CC(c2cccc(NC(=O)c3ccn(CC(F)(F)F)n3)c2)N=C1N.CO. The van der Waals surface area contributed by atoms with E-state index >= 15 is 0 Å². The van der Waals surface area contributed by atoms with Gasteiger partial charge < -0.3 is 16.2 Å². The molecule has 12 heteroatoms. The lowest BCUT2D eigenvalue weighted by Gasteiger charge is -2.25. The number of aromatic nitrogens is 2. The number of rotatable bonds is 4. The highest BCUT2D eigenvalue weighted by Gasteiger charge is 2.29. The third-order valence-corrected chi connectivity index (χ3v) is 4.12. The number of aliphatic hydroxyl groups excluding tert-OH is 1. The third kappa shape index (κ3) is 5.80. The predicted octanol–water partition coefficient (Wildman–Crippen LogP) is 1.52. The van der Waals surface area contributed by atoms with E-state index in [0.29, 0.717) is 15.9 Å². The molecule has 1 aromatic heterocycles. The Kier molecular flexibility index (Phi) is 7.16. The number of hydrogen-bond acceptors (Lipinski definition) is 6. The molecule has 9 nitrogen and oxygen atoms in total. The molecule has 0 radical (unpaired) electrons. The van der Waals surface area contributed by atoms with E-state index in [9.17, 15) is 22.8 Å². The largest absolute Gasteiger partial charge is 0.408 e. The zero-order chi connectivity index (χ0) is 22.5. The molecule has 162 valence electrons. The van der Waals surface area contributed by atoms with E-state index in [2.05, 4.69) is 15.4 Å². The zero-order valence-electron chi connectivity index (χ0n) is 16.2. The Morgan fingerprint density at radius 1 is 1.33 bits per heavy atom. The standard InChI is InChI=1S/C17H17F3N6O2.CH4O/c1-25-14(27)8-13(23-16(25)21)10-3-2-4-11(7-10)22-15(28)12-5-6-26(24-12)9-17(18,19)20;1-2/h2-7,13H,8-9H2,1H3,(H2,21,23)(H,22,28);2H,1H3. The number of benzene rings is 1. The lowest BCUT2D eigenvalue weighted by Crippen LogP contribution is -2.42. The van der Waals surface area contributed by atoms with Gasteiger partial charge in [0, 0.05) is 26.0 Å². The van der Waals surface area contributed by atoms with Gasteiger partial charge in [-0.2, -0.15) is 18.3 Å². The van der Waals surface area contributed by atoms with E-state index in [1.807, 2.05) is 0 Å². The summed E-state index contributed by atoms with van der Waals surface area (Å²) in [7, 11) is 2.53. The maximum atomic E-state index is 12.4. The minimum Gasteiger partial charge on any atom is -0.400 e. The minimum absolute atomic E-state index is 0.103. The molecule has 30 heavy (non-hydrogen) atoms. The molecule has 0 bridgehead atoms. The topological polar surface area (TPSA) is 126 Å². The fraction of sp³-hybridized carbons (Fsp3) is 0.333. The van der Waals surface area contributed by atoms with Crippen molar-refractivity contribution in [1.29, 1.82) is 0 Å². The number of anilines is 1. The van der Waals surface area contributed by atoms with Crippen molar-refractivity contribution < 1.29 is 27.9 Å². The molecule has 1 unspecified atom stereocenters. The fourth-order valence-corrected chi connectivity index (χ4v) is 2.69. The number of hydrogen-bond donors (Lipinski definition) is 3. The molecule has 2 heterocycles. The van der Waals surface area contributed by atoms with Crippen LogP contribution in [0.2, 0.25) is 0 Å². The summed E-state index contributed by atoms with van der Waals surface area (Å²) in [4.78, 5) is 29.7. The Labute approximate surface area is 170 Å². The molecule has 1 aliphatic rings. The van der Waals surface area contributed by atoms with E-state index in [0.717, 1.165) is 13.3 Å². The third-order valence-electron chi connectivity index (χ3n) is 4.12. The van der Waals surface area contributed by atoms with Crippen LogP contribution < -0.4 is 11.1 Å². The summed E-state index contributed by atoms with van der Waals surface area (Å²) in [5.74, 6) is -0.728. The Morgan fingerprint density at radius 2 is 2.03 bits per heavy atom. The van der Waals surface area contributed by atoms with Gasteiger partial charge in [-0.1, -0.05) is 12.1 Å². The van der Waals surface area contributed by atoms with E-state index in [-0.39, 0.29) is 24.0 Å². The van der Waals surface area contributed by atoms with Crippen LogP contribution in [0.4, 0.5) is 18.9 Å². The summed E-state index contributed by atoms with van der Waals surface area (Å²) >= 11 is 0. The van der Waals surface area contributed by atoms with Crippen molar-refractivity contribution in [2.24, 2.45) is 10.7 Å². The van der Waals surface area contributed by atoms with Gasteiger partial charge in [0.2, 0.25) is 5.91 Å². The van der Waals surface area contributed by atoms with Crippen molar-refractivity contribution in [3.05, 3.63) is 47.8 Å². The molecule has 0 fully saturated rings. The van der Waals surface area contributed by atoms with E-state index < -0.39 is 24.7 Å². The number of carbonyl (C=O) groups is 2. The molecule has 0 saturated heterocycles. The summed E-state index contributed by atoms with van der Waals surface area (Å²) in [6.45, 7) is -1.28. The molecule has 1 aliphatic heterocycles. The second-order valence-electron chi connectivity index (χ2n) is 6.25. The van der Waals surface area contributed by atoms with Gasteiger partial charge in [0.05, 0.1) is 12.5 Å². The first-order chi connectivity index (χ1) is 14.1. The number of alkyl halides is 3. The molecule has 1 aromatic carbocycles. The van der Waals surface area contributed by atoms with Gasteiger partial charge in [0.1, 0.15) is 6.54 Å². The van der Waals surface area contributed by atoms with Crippen LogP contribution in [0.1, 0.15) is 28.5 Å². The van der Waals surface area contributed by atoms with Gasteiger partial charge in [-0.25, -0.2) is 4.99 Å². The van der Waals surface area contributed by atoms with Gasteiger partial charge >= 0.3 is 6.18 Å². The number of nitrogens with zero attached hydrogens (tertiary/aromatic N) is 4. The molecular weight excluding hydrogens is 405 g/mol. The summed E-state index contributed by atoms with van der Waals surface area (Å²) in [6.07, 6.45) is -3.21. The highest BCUT2D eigenvalue weighted by atomic mass is 19.4. The van der Waals surface area contributed by atoms with Crippen LogP contribution in [-0.2, 0) is 11.3 Å². The quantitative estimate of drug-likeness (QED) is 0.684. The van der Waals surface area contributed by atoms with Gasteiger partial charge in [-0.3, -0.25) is 19.2 Å². The number of halogens is 3. The first-order valence-electron chi connectivity index (χ1n) is 8.68. The molecule has 3 rings (SSSR count). The highest BCUT2D eigenvalue weighted by Crippen LogP contribution is 2.27. The van der Waals surface area contributed by atoms with Gasteiger partial charge in [-0.05, 0) is 23.8 Å². The fourth-order valence-electron chi connectivity index (χ4n) is 2.69. The second-order valence-corrected chi connectivity index (χ2v) is 6.25. The highest BCUT2D eigenvalue weighted by molar-refractivity contribution is 6.03. The Morgan fingerprint density at radius 3 is 2.67 bits per heavy atom. The van der Waals surface area contributed by atoms with Crippen molar-refractivity contribution in [2.45, 2.75) is 25.2 Å². The molecule has 2 aromatic rings. The second kappa shape index (κ2) is 9.39. The first-order valence-corrected chi connectivity index (χ1v) is 8.68. The monoisotopic (exact) mass is 426 g/mol. The maximum Gasteiger partial charge on any atom is 0.408 e. The first kappa shape index (κ1) is 22.9. The number of amides is 2. The van der Waals surface area contributed by atoms with Gasteiger partial charge in [-0.15, -0.1) is 0 Å². The van der Waals surface area contributed by atoms with Crippen molar-refractivity contribution in [1.82, 2.24) is 14.7 Å².